The maximum Gasteiger partial charge on any atom is 0.471 e. The molecule has 0 aliphatic carbocycles. The van der Waals surface area contributed by atoms with Crippen LogP contribution < -0.4 is 15.8 Å². The summed E-state index contributed by atoms with van der Waals surface area (Å²) in [6, 6.07) is 11.3. The quantitative estimate of drug-likeness (QED) is 0.119. The number of nitrogen functional groups attached to an aromatic ring is 1. The SMILES string of the molecule is CSc1sc(C(=N)N)cc1S(=O)(=O)c1cccc(-c2c(C)cccc2N(CCCCS(N)(=O)=O)C(=O)C(F)(F)F)c1. The number of aryl methyl sites for hydroxylation is 1. The number of unbranched alkanes of at least 4 members (excludes halogenated alkanes) is 1. The maximum absolute atomic E-state index is 13.6. The fourth-order valence-corrected chi connectivity index (χ4v) is 8.59. The van der Waals surface area contributed by atoms with Crippen LogP contribution in [-0.4, -0.2) is 53.3 Å². The molecular formula is C25H27F3N4O5S4. The first-order valence-electron chi connectivity index (χ1n) is 11.8. The molecule has 0 unspecified atom stereocenters. The highest BCUT2D eigenvalue weighted by Crippen LogP contribution is 2.40. The molecule has 0 bridgehead atoms. The van der Waals surface area contributed by atoms with Gasteiger partial charge in [0.1, 0.15) is 5.84 Å². The van der Waals surface area contributed by atoms with Crippen LogP contribution in [0.25, 0.3) is 11.1 Å². The van der Waals surface area contributed by atoms with Gasteiger partial charge in [-0.05, 0) is 61.4 Å². The molecule has 16 heteroatoms. The average Bonchev–Trinajstić information content (AvgIpc) is 3.33. The fourth-order valence-electron chi connectivity index (χ4n) is 4.08. The molecule has 0 atom stereocenters. The minimum Gasteiger partial charge on any atom is -0.383 e. The van der Waals surface area contributed by atoms with E-state index in [4.69, 9.17) is 16.3 Å². The number of benzene rings is 2. The van der Waals surface area contributed by atoms with E-state index >= 15 is 0 Å². The predicted molar refractivity (Wildman–Crippen MR) is 155 cm³/mol. The molecule has 1 heterocycles. The number of halogens is 3. The highest BCUT2D eigenvalue weighted by Gasteiger charge is 2.43. The van der Waals surface area contributed by atoms with Crippen LogP contribution in [0.2, 0.25) is 0 Å². The van der Waals surface area contributed by atoms with E-state index in [1.165, 1.54) is 54.2 Å². The lowest BCUT2D eigenvalue weighted by molar-refractivity contribution is -0.170. The van der Waals surface area contributed by atoms with Gasteiger partial charge in [-0.3, -0.25) is 10.2 Å². The van der Waals surface area contributed by atoms with Gasteiger partial charge in [-0.15, -0.1) is 23.1 Å². The second kappa shape index (κ2) is 12.5. The van der Waals surface area contributed by atoms with E-state index in [1.54, 1.807) is 19.2 Å². The number of nitrogens with zero attached hydrogens (tertiary/aromatic N) is 1. The van der Waals surface area contributed by atoms with E-state index in [2.05, 4.69) is 0 Å². The van der Waals surface area contributed by atoms with Crippen molar-refractivity contribution >= 4 is 60.4 Å². The molecule has 0 aliphatic rings. The molecule has 0 saturated heterocycles. The number of nitrogens with one attached hydrogen (secondary N) is 1. The van der Waals surface area contributed by atoms with Crippen LogP contribution in [0.3, 0.4) is 0 Å². The molecule has 0 spiro atoms. The molecule has 3 aromatic rings. The van der Waals surface area contributed by atoms with Crippen LogP contribution in [0.15, 0.2) is 62.5 Å². The number of carbonyl (C=O) groups is 1. The molecule has 0 radical (unpaired) electrons. The van der Waals surface area contributed by atoms with Gasteiger partial charge in [0.25, 0.3) is 0 Å². The fraction of sp³-hybridized carbons (Fsp3) is 0.280. The number of hydrogen-bond donors (Lipinski definition) is 3. The number of thiophene rings is 1. The monoisotopic (exact) mass is 648 g/mol. The van der Waals surface area contributed by atoms with E-state index in [-0.39, 0.29) is 50.2 Å². The third kappa shape index (κ3) is 7.68. The number of thioether (sulfide) groups is 1. The van der Waals surface area contributed by atoms with E-state index in [9.17, 15) is 34.8 Å². The molecule has 41 heavy (non-hydrogen) atoms. The van der Waals surface area contributed by atoms with E-state index in [1.807, 2.05) is 0 Å². The highest BCUT2D eigenvalue weighted by molar-refractivity contribution is 8.01. The number of carbonyl (C=O) groups excluding carboxylic acids is 1. The Morgan fingerprint density at radius 1 is 1.07 bits per heavy atom. The van der Waals surface area contributed by atoms with Gasteiger partial charge in [-0.25, -0.2) is 22.0 Å². The largest absolute Gasteiger partial charge is 0.471 e. The van der Waals surface area contributed by atoms with Gasteiger partial charge in [-0.1, -0.05) is 24.3 Å². The third-order valence-corrected chi connectivity index (χ3v) is 11.1. The summed E-state index contributed by atoms with van der Waals surface area (Å²) in [5.41, 5.74) is 6.36. The van der Waals surface area contributed by atoms with Crippen LogP contribution in [-0.2, 0) is 24.7 Å². The van der Waals surface area contributed by atoms with Crippen molar-refractivity contribution in [3.8, 4) is 11.1 Å². The summed E-state index contributed by atoms with van der Waals surface area (Å²) in [5.74, 6) is -2.90. The minimum atomic E-state index is -5.23. The Balaban J connectivity index is 2.13. The zero-order valence-electron chi connectivity index (χ0n) is 21.9. The minimum absolute atomic E-state index is 0.0499. The van der Waals surface area contributed by atoms with Crippen LogP contribution in [0, 0.1) is 12.3 Å². The normalized spacial score (nSPS) is 12.3. The van der Waals surface area contributed by atoms with Gasteiger partial charge in [-0.2, -0.15) is 13.2 Å². The van der Waals surface area contributed by atoms with Gasteiger partial charge in [0.15, 0.2) is 0 Å². The maximum atomic E-state index is 13.6. The Bertz CT molecular complexity index is 1690. The van der Waals surface area contributed by atoms with Crippen LogP contribution in [0.1, 0.15) is 23.3 Å². The van der Waals surface area contributed by atoms with Crippen LogP contribution in [0.5, 0.6) is 0 Å². The van der Waals surface area contributed by atoms with Crippen LogP contribution >= 0.6 is 23.1 Å². The smallest absolute Gasteiger partial charge is 0.383 e. The number of rotatable bonds is 11. The van der Waals surface area contributed by atoms with Crippen molar-refractivity contribution in [3.63, 3.8) is 0 Å². The first-order valence-corrected chi connectivity index (χ1v) is 17.1. The Morgan fingerprint density at radius 3 is 2.32 bits per heavy atom. The number of sulfone groups is 1. The zero-order chi connectivity index (χ0) is 30.8. The molecule has 2 aromatic carbocycles. The number of hydrogen-bond acceptors (Lipinski definition) is 8. The van der Waals surface area contributed by atoms with E-state index in [0.29, 0.717) is 14.7 Å². The molecule has 222 valence electrons. The van der Waals surface area contributed by atoms with Gasteiger partial charge < -0.3 is 10.6 Å². The van der Waals surface area contributed by atoms with Gasteiger partial charge in [0, 0.05) is 12.1 Å². The Kier molecular flexibility index (Phi) is 9.96. The van der Waals surface area contributed by atoms with Crippen LogP contribution in [0.4, 0.5) is 18.9 Å². The van der Waals surface area contributed by atoms with Crippen molar-refractivity contribution in [3.05, 3.63) is 59.0 Å². The van der Waals surface area contributed by atoms with Crippen molar-refractivity contribution in [2.45, 2.75) is 39.9 Å². The van der Waals surface area contributed by atoms with Gasteiger partial charge in [0.2, 0.25) is 19.9 Å². The Labute approximate surface area is 244 Å². The molecule has 1 amide bonds. The highest BCUT2D eigenvalue weighted by atomic mass is 32.2. The molecular weight excluding hydrogens is 622 g/mol. The van der Waals surface area contributed by atoms with Gasteiger partial charge >= 0.3 is 12.1 Å². The number of nitrogens with two attached hydrogens (primary N) is 2. The summed E-state index contributed by atoms with van der Waals surface area (Å²) in [7, 11) is -7.98. The second-order valence-electron chi connectivity index (χ2n) is 8.91. The van der Waals surface area contributed by atoms with E-state index < -0.39 is 44.2 Å². The number of sulfonamides is 1. The zero-order valence-corrected chi connectivity index (χ0v) is 25.1. The number of alkyl halides is 3. The number of anilines is 1. The second-order valence-corrected chi connectivity index (χ2v) is 14.7. The summed E-state index contributed by atoms with van der Waals surface area (Å²) in [6.45, 7) is 1.16. The predicted octanol–water partition coefficient (Wildman–Crippen LogP) is 4.53. The van der Waals surface area contributed by atoms with Crippen molar-refractivity contribution in [2.75, 3.05) is 23.5 Å². The molecule has 0 fully saturated rings. The molecule has 9 nitrogen and oxygen atoms in total. The number of amidine groups is 1. The summed E-state index contributed by atoms with van der Waals surface area (Å²) >= 11 is 2.22. The lowest BCUT2D eigenvalue weighted by atomic mass is 9.97. The summed E-state index contributed by atoms with van der Waals surface area (Å²) in [5, 5.41) is 12.7. The Morgan fingerprint density at radius 2 is 1.73 bits per heavy atom. The third-order valence-electron chi connectivity index (χ3n) is 5.93. The molecule has 5 N–H and O–H groups in total. The topological polar surface area (TPSA) is 164 Å². The average molecular weight is 649 g/mol. The summed E-state index contributed by atoms with van der Waals surface area (Å²) < 4.78 is 91.2. The van der Waals surface area contributed by atoms with Crippen molar-refractivity contribution in [1.82, 2.24) is 0 Å². The number of amides is 1. The molecule has 0 aliphatic heterocycles. The number of primary sulfonamides is 1. The molecule has 3 rings (SSSR count). The Hall–Kier alpha value is -2.92. The standard InChI is InChI=1S/C25H27F3N4O5S4/c1-15-7-5-10-18(32(24(33)25(26,27)28)11-3-4-12-40(31,34)35)21(15)16-8-6-9-17(13-16)41(36,37)20-14-19(22(29)30)39-23(20)38-2/h5-10,13-14H,3-4,11-12H2,1-2H3,(H3,29,30)(H2,31,34,35). The van der Waals surface area contributed by atoms with Crippen molar-refractivity contribution in [2.24, 2.45) is 10.9 Å². The first kappa shape index (κ1) is 32.6. The summed E-state index contributed by atoms with van der Waals surface area (Å²) in [6.07, 6.45) is -3.71. The summed E-state index contributed by atoms with van der Waals surface area (Å²) in [4.78, 5) is 13.1. The lowest BCUT2D eigenvalue weighted by Gasteiger charge is -2.27. The molecule has 1 aromatic heterocycles. The van der Waals surface area contributed by atoms with Crippen molar-refractivity contribution in [1.29, 1.82) is 5.41 Å². The first-order chi connectivity index (χ1) is 19.0. The van der Waals surface area contributed by atoms with Gasteiger partial charge in [0.05, 0.1) is 30.3 Å². The lowest BCUT2D eigenvalue weighted by Crippen LogP contribution is -2.42. The van der Waals surface area contributed by atoms with Crippen molar-refractivity contribution < 1.29 is 34.8 Å². The van der Waals surface area contributed by atoms with E-state index in [0.717, 1.165) is 11.3 Å². The molecule has 0 saturated carbocycles.